The molecular formula is C15H24N2O2. The summed E-state index contributed by atoms with van der Waals surface area (Å²) in [7, 11) is 3.37. The molecule has 0 radical (unpaired) electrons. The fourth-order valence-electron chi connectivity index (χ4n) is 1.96. The van der Waals surface area contributed by atoms with Crippen molar-refractivity contribution in [3.8, 4) is 5.75 Å². The highest BCUT2D eigenvalue weighted by Crippen LogP contribution is 2.32. The Kier molecular flexibility index (Phi) is 5.36. The fraction of sp³-hybridized carbons (Fsp3) is 0.533. The molecule has 0 heterocycles. The predicted octanol–water partition coefficient (Wildman–Crippen LogP) is 2.18. The molecule has 0 saturated heterocycles. The molecule has 0 aliphatic rings. The molecule has 0 saturated carbocycles. The van der Waals surface area contributed by atoms with E-state index in [0.29, 0.717) is 6.42 Å². The molecule has 106 valence electrons. The van der Waals surface area contributed by atoms with Crippen LogP contribution in [-0.2, 0) is 16.6 Å². The van der Waals surface area contributed by atoms with Crippen molar-refractivity contribution >= 4 is 5.91 Å². The van der Waals surface area contributed by atoms with Crippen LogP contribution in [0.15, 0.2) is 18.2 Å². The van der Waals surface area contributed by atoms with Crippen molar-refractivity contribution in [2.45, 2.75) is 39.0 Å². The molecule has 4 heteroatoms. The molecule has 1 amide bonds. The lowest BCUT2D eigenvalue weighted by Gasteiger charge is -2.23. The number of hydrazine groups is 1. The van der Waals surface area contributed by atoms with E-state index in [2.05, 4.69) is 37.7 Å². The maximum absolute atomic E-state index is 11.4. The second kappa shape index (κ2) is 6.57. The molecule has 4 nitrogen and oxygen atoms in total. The number of amides is 1. The lowest BCUT2D eigenvalue weighted by atomic mass is 9.85. The van der Waals surface area contributed by atoms with Gasteiger partial charge in [-0.1, -0.05) is 32.9 Å². The van der Waals surface area contributed by atoms with E-state index in [1.807, 2.05) is 12.1 Å². The van der Waals surface area contributed by atoms with Gasteiger partial charge in [0.15, 0.2) is 0 Å². The van der Waals surface area contributed by atoms with E-state index in [-0.39, 0.29) is 11.3 Å². The molecule has 1 aromatic rings. The standard InChI is InChI=1S/C15H24N2O2/c1-15(2,3)12-10-11(6-8-13(12)19-5)7-9-14(18)17-16-4/h6,8,10,16H,7,9H2,1-5H3,(H,17,18). The van der Waals surface area contributed by atoms with Crippen molar-refractivity contribution in [3.05, 3.63) is 29.3 Å². The van der Waals surface area contributed by atoms with Gasteiger partial charge < -0.3 is 4.74 Å². The van der Waals surface area contributed by atoms with Crippen LogP contribution in [0, 0.1) is 0 Å². The number of hydrogen-bond acceptors (Lipinski definition) is 3. The van der Waals surface area contributed by atoms with E-state index in [0.717, 1.165) is 17.7 Å². The summed E-state index contributed by atoms with van der Waals surface area (Å²) in [6.07, 6.45) is 1.19. The number of methoxy groups -OCH3 is 1. The molecular weight excluding hydrogens is 240 g/mol. The van der Waals surface area contributed by atoms with Gasteiger partial charge in [0.05, 0.1) is 7.11 Å². The van der Waals surface area contributed by atoms with Gasteiger partial charge >= 0.3 is 0 Å². The Morgan fingerprint density at radius 3 is 2.53 bits per heavy atom. The highest BCUT2D eigenvalue weighted by atomic mass is 16.5. The minimum Gasteiger partial charge on any atom is -0.496 e. The molecule has 0 atom stereocenters. The van der Waals surface area contributed by atoms with Crippen LogP contribution >= 0.6 is 0 Å². The molecule has 1 rings (SSSR count). The van der Waals surface area contributed by atoms with Crippen LogP contribution in [0.2, 0.25) is 0 Å². The summed E-state index contributed by atoms with van der Waals surface area (Å²) < 4.78 is 5.40. The molecule has 0 aromatic heterocycles. The first kappa shape index (κ1) is 15.5. The molecule has 2 N–H and O–H groups in total. The zero-order chi connectivity index (χ0) is 14.5. The van der Waals surface area contributed by atoms with Gasteiger partial charge in [0, 0.05) is 13.5 Å². The van der Waals surface area contributed by atoms with Crippen LogP contribution in [-0.4, -0.2) is 20.1 Å². The minimum atomic E-state index is -0.00405. The summed E-state index contributed by atoms with van der Waals surface area (Å²) in [6, 6.07) is 6.12. The second-order valence-corrected chi connectivity index (χ2v) is 5.58. The average molecular weight is 264 g/mol. The third kappa shape index (κ3) is 4.56. The number of hydrogen-bond donors (Lipinski definition) is 2. The predicted molar refractivity (Wildman–Crippen MR) is 77.2 cm³/mol. The molecule has 0 unspecified atom stereocenters. The maximum Gasteiger partial charge on any atom is 0.234 e. The Morgan fingerprint density at radius 1 is 1.32 bits per heavy atom. The monoisotopic (exact) mass is 264 g/mol. The lowest BCUT2D eigenvalue weighted by molar-refractivity contribution is -0.121. The van der Waals surface area contributed by atoms with Crippen LogP contribution < -0.4 is 15.6 Å². The second-order valence-electron chi connectivity index (χ2n) is 5.58. The van der Waals surface area contributed by atoms with E-state index in [9.17, 15) is 4.79 Å². The molecule has 19 heavy (non-hydrogen) atoms. The topological polar surface area (TPSA) is 50.4 Å². The maximum atomic E-state index is 11.4. The highest BCUT2D eigenvalue weighted by Gasteiger charge is 2.19. The van der Waals surface area contributed by atoms with Crippen molar-refractivity contribution in [1.29, 1.82) is 0 Å². The summed E-state index contributed by atoms with van der Waals surface area (Å²) >= 11 is 0. The van der Waals surface area contributed by atoms with Crippen LogP contribution in [0.25, 0.3) is 0 Å². The van der Waals surface area contributed by atoms with Gasteiger partial charge in [-0.15, -0.1) is 0 Å². The first-order chi connectivity index (χ1) is 8.88. The smallest absolute Gasteiger partial charge is 0.234 e. The van der Waals surface area contributed by atoms with E-state index >= 15 is 0 Å². The van der Waals surface area contributed by atoms with E-state index in [1.54, 1.807) is 14.2 Å². The van der Waals surface area contributed by atoms with Crippen molar-refractivity contribution in [3.63, 3.8) is 0 Å². The summed E-state index contributed by atoms with van der Waals surface area (Å²) in [5.41, 5.74) is 7.55. The van der Waals surface area contributed by atoms with E-state index < -0.39 is 0 Å². The Bertz CT molecular complexity index is 436. The van der Waals surface area contributed by atoms with Crippen LogP contribution in [0.5, 0.6) is 5.75 Å². The number of carbonyl (C=O) groups excluding carboxylic acids is 1. The lowest BCUT2D eigenvalue weighted by Crippen LogP contribution is -2.34. The van der Waals surface area contributed by atoms with Gasteiger partial charge in [0.1, 0.15) is 5.75 Å². The van der Waals surface area contributed by atoms with Gasteiger partial charge in [-0.25, -0.2) is 5.43 Å². The summed E-state index contributed by atoms with van der Waals surface area (Å²) in [6.45, 7) is 6.47. The molecule has 0 spiro atoms. The first-order valence-corrected chi connectivity index (χ1v) is 6.51. The normalized spacial score (nSPS) is 11.2. The number of benzene rings is 1. The number of ether oxygens (including phenoxy) is 1. The van der Waals surface area contributed by atoms with Crippen molar-refractivity contribution < 1.29 is 9.53 Å². The Morgan fingerprint density at radius 2 is 2.00 bits per heavy atom. The minimum absolute atomic E-state index is 0.00405. The Hall–Kier alpha value is -1.55. The van der Waals surface area contributed by atoms with Gasteiger partial charge in [-0.2, -0.15) is 0 Å². The average Bonchev–Trinajstić information content (AvgIpc) is 2.35. The van der Waals surface area contributed by atoms with Crippen molar-refractivity contribution in [2.75, 3.05) is 14.2 Å². The van der Waals surface area contributed by atoms with Crippen LogP contribution in [0.3, 0.4) is 0 Å². The highest BCUT2D eigenvalue weighted by molar-refractivity contribution is 5.75. The summed E-state index contributed by atoms with van der Waals surface area (Å²) in [5, 5.41) is 0. The zero-order valence-electron chi connectivity index (χ0n) is 12.5. The number of carbonyl (C=O) groups is 1. The quantitative estimate of drug-likeness (QED) is 0.801. The number of nitrogens with one attached hydrogen (secondary N) is 2. The summed E-state index contributed by atoms with van der Waals surface area (Å²) in [4.78, 5) is 11.4. The van der Waals surface area contributed by atoms with Gasteiger partial charge in [-0.3, -0.25) is 10.2 Å². The molecule has 1 aromatic carbocycles. The summed E-state index contributed by atoms with van der Waals surface area (Å²) in [5.74, 6) is 0.895. The number of aryl methyl sites for hydroxylation is 1. The molecule has 0 aliphatic carbocycles. The largest absolute Gasteiger partial charge is 0.496 e. The van der Waals surface area contributed by atoms with Crippen molar-refractivity contribution in [1.82, 2.24) is 10.9 Å². The van der Waals surface area contributed by atoms with Gasteiger partial charge in [-0.05, 0) is 29.0 Å². The fourth-order valence-corrected chi connectivity index (χ4v) is 1.96. The third-order valence-electron chi connectivity index (χ3n) is 2.98. The van der Waals surface area contributed by atoms with Crippen LogP contribution in [0.1, 0.15) is 38.3 Å². The SMILES string of the molecule is CNNC(=O)CCc1ccc(OC)c(C(C)(C)C)c1. The first-order valence-electron chi connectivity index (χ1n) is 6.51. The van der Waals surface area contributed by atoms with Crippen molar-refractivity contribution in [2.24, 2.45) is 0 Å². The zero-order valence-corrected chi connectivity index (χ0v) is 12.5. The van der Waals surface area contributed by atoms with Gasteiger partial charge in [0.2, 0.25) is 5.91 Å². The van der Waals surface area contributed by atoms with Crippen LogP contribution in [0.4, 0.5) is 0 Å². The van der Waals surface area contributed by atoms with Gasteiger partial charge in [0.25, 0.3) is 0 Å². The molecule has 0 bridgehead atoms. The third-order valence-corrected chi connectivity index (χ3v) is 2.98. The Balaban J connectivity index is 2.84. The molecule has 0 aliphatic heterocycles. The van der Waals surface area contributed by atoms with E-state index in [1.165, 1.54) is 5.56 Å². The molecule has 0 fully saturated rings. The Labute approximate surface area is 115 Å². The van der Waals surface area contributed by atoms with E-state index in [4.69, 9.17) is 4.74 Å². The number of rotatable bonds is 5.